The van der Waals surface area contributed by atoms with Gasteiger partial charge in [0.05, 0.1) is 19.9 Å². The highest BCUT2D eigenvalue weighted by atomic mass is 16.9. The minimum atomic E-state index is -1.06. The first-order chi connectivity index (χ1) is 12.0. The van der Waals surface area contributed by atoms with E-state index in [1.165, 1.54) is 0 Å². The third-order valence-electron chi connectivity index (χ3n) is 3.99. The van der Waals surface area contributed by atoms with Crippen LogP contribution in [-0.4, -0.2) is 46.2 Å². The number of ether oxygens (including phenoxy) is 2. The molecule has 0 fully saturated rings. The van der Waals surface area contributed by atoms with Gasteiger partial charge in [0.25, 0.3) is 5.71 Å². The van der Waals surface area contributed by atoms with E-state index in [0.29, 0.717) is 27.5 Å². The Hall–Kier alpha value is -3.03. The van der Waals surface area contributed by atoms with E-state index in [0.717, 1.165) is 0 Å². The molecule has 0 amide bonds. The van der Waals surface area contributed by atoms with Crippen molar-refractivity contribution in [2.45, 2.75) is 18.9 Å². The van der Waals surface area contributed by atoms with Crippen LogP contribution in [0.4, 0.5) is 0 Å². The molecule has 1 aromatic heterocycles. The fourth-order valence-corrected chi connectivity index (χ4v) is 2.86. The van der Waals surface area contributed by atoms with Crippen LogP contribution in [0, 0.1) is 5.21 Å². The lowest BCUT2D eigenvalue weighted by Crippen LogP contribution is -2.31. The van der Waals surface area contributed by atoms with Crippen molar-refractivity contribution in [3.63, 3.8) is 0 Å². The van der Waals surface area contributed by atoms with E-state index in [4.69, 9.17) is 14.3 Å². The highest BCUT2D eigenvalue weighted by Crippen LogP contribution is 2.33. The molecule has 0 aliphatic carbocycles. The van der Waals surface area contributed by atoms with Gasteiger partial charge in [-0.3, -0.25) is 14.7 Å². The normalized spacial score (nSPS) is 19.6. The molecule has 2 unspecified atom stereocenters. The molecule has 1 aliphatic rings. The van der Waals surface area contributed by atoms with E-state index in [1.807, 2.05) is 0 Å². The number of aromatic nitrogens is 2. The van der Waals surface area contributed by atoms with Gasteiger partial charge in [-0.1, -0.05) is 0 Å². The Morgan fingerprint density at radius 2 is 2.12 bits per heavy atom. The maximum absolute atomic E-state index is 12.4. The van der Waals surface area contributed by atoms with Crippen LogP contribution in [0.1, 0.15) is 24.0 Å². The first kappa shape index (κ1) is 16.8. The largest absolute Gasteiger partial charge is 0.497 e. The van der Waals surface area contributed by atoms with Gasteiger partial charge in [0, 0.05) is 29.3 Å². The number of methoxy groups -OCH3 is 1. The monoisotopic (exact) mass is 345 g/mol. The van der Waals surface area contributed by atoms with E-state index in [2.05, 4.69) is 5.10 Å². The van der Waals surface area contributed by atoms with E-state index in [1.54, 1.807) is 62.4 Å². The molecule has 0 saturated carbocycles. The first-order valence-electron chi connectivity index (χ1n) is 7.85. The summed E-state index contributed by atoms with van der Waals surface area (Å²) in [6.45, 7) is 1.91. The van der Waals surface area contributed by atoms with Crippen molar-refractivity contribution < 1.29 is 24.0 Å². The van der Waals surface area contributed by atoms with Crippen molar-refractivity contribution in [1.82, 2.24) is 9.78 Å². The molecular formula is C17H19N3O5. The molecule has 25 heavy (non-hydrogen) atoms. The minimum absolute atomic E-state index is 0.204. The number of hydrogen-bond donors (Lipinski definition) is 0. The van der Waals surface area contributed by atoms with E-state index < -0.39 is 18.0 Å². The maximum Gasteiger partial charge on any atom is 0.326 e. The number of carbonyl (C=O) groups is 1. The predicted molar refractivity (Wildman–Crippen MR) is 88.2 cm³/mol. The smallest absolute Gasteiger partial charge is 0.326 e. The average molecular weight is 345 g/mol. The average Bonchev–Trinajstić information content (AvgIpc) is 3.18. The summed E-state index contributed by atoms with van der Waals surface area (Å²) < 4.78 is 11.8. The van der Waals surface area contributed by atoms with Gasteiger partial charge < -0.3 is 14.3 Å². The van der Waals surface area contributed by atoms with Crippen molar-refractivity contribution in [2.75, 3.05) is 13.7 Å². The van der Waals surface area contributed by atoms with Gasteiger partial charge in [-0.15, -0.1) is 0 Å². The molecule has 0 spiro atoms. The van der Waals surface area contributed by atoms with Gasteiger partial charge in [-0.2, -0.15) is 5.10 Å². The third-order valence-corrected chi connectivity index (χ3v) is 3.99. The third kappa shape index (κ3) is 3.15. The molecule has 2 atom stereocenters. The Morgan fingerprint density at radius 3 is 2.68 bits per heavy atom. The summed E-state index contributed by atoms with van der Waals surface area (Å²) in [5.74, 6) is -0.528. The van der Waals surface area contributed by atoms with Crippen molar-refractivity contribution in [1.29, 1.82) is 0 Å². The predicted octanol–water partition coefficient (Wildman–Crippen LogP) is 1.39. The molecule has 132 valence electrons. The molecule has 2 aromatic rings. The number of aryl methyl sites for hydroxylation is 1. The van der Waals surface area contributed by atoms with Crippen molar-refractivity contribution in [2.24, 2.45) is 7.05 Å². The molecule has 0 radical (unpaired) electrons. The molecular weight excluding hydrogens is 326 g/mol. The highest BCUT2D eigenvalue weighted by molar-refractivity contribution is 6.05. The quantitative estimate of drug-likeness (QED) is 0.601. The summed E-state index contributed by atoms with van der Waals surface area (Å²) >= 11 is 0. The maximum atomic E-state index is 12.4. The van der Waals surface area contributed by atoms with E-state index in [-0.39, 0.29) is 6.61 Å². The minimum Gasteiger partial charge on any atom is -0.497 e. The number of carbonyl (C=O) groups excluding carboxylic acids is 1. The SMILES string of the molecule is CCOC(=O)C1O[N+]([O-])=C(c2ccc(OC)cc2)C1c1cnn(C)c1. The van der Waals surface area contributed by atoms with Gasteiger partial charge in [-0.25, -0.2) is 0 Å². The summed E-state index contributed by atoms with van der Waals surface area (Å²) in [6, 6.07) is 6.99. The first-order valence-corrected chi connectivity index (χ1v) is 7.85. The van der Waals surface area contributed by atoms with Crippen LogP contribution in [0.15, 0.2) is 36.7 Å². The molecule has 2 heterocycles. The van der Waals surface area contributed by atoms with Gasteiger partial charge in [-0.05, 0) is 31.2 Å². The second kappa shape index (κ2) is 6.84. The molecule has 0 N–H and O–H groups in total. The number of hydrogen-bond acceptors (Lipinski definition) is 6. The van der Waals surface area contributed by atoms with Gasteiger partial charge in [0.15, 0.2) is 6.10 Å². The lowest BCUT2D eigenvalue weighted by atomic mass is 9.87. The Bertz CT molecular complexity index is 797. The molecule has 0 bridgehead atoms. The fraction of sp³-hybridized carbons (Fsp3) is 0.353. The molecule has 8 heteroatoms. The number of rotatable bonds is 5. The van der Waals surface area contributed by atoms with Crippen molar-refractivity contribution >= 4 is 11.7 Å². The van der Waals surface area contributed by atoms with Crippen molar-refractivity contribution in [3.8, 4) is 5.75 Å². The standard InChI is InChI=1S/C17H19N3O5/c1-4-24-17(21)16-14(12-9-18-19(2)10-12)15(20(22)25-16)11-5-7-13(23-3)8-6-11/h5-10,14,16H,4H2,1-3H3. The Balaban J connectivity index is 2.03. The van der Waals surface area contributed by atoms with Crippen LogP contribution in [-0.2, 0) is 21.4 Å². The lowest BCUT2D eigenvalue weighted by Gasteiger charge is -2.16. The van der Waals surface area contributed by atoms with Crippen LogP contribution >= 0.6 is 0 Å². The second-order valence-electron chi connectivity index (χ2n) is 5.57. The molecule has 1 aromatic carbocycles. The van der Waals surface area contributed by atoms with Gasteiger partial charge in [0.1, 0.15) is 11.7 Å². The summed E-state index contributed by atoms with van der Waals surface area (Å²) in [4.78, 5) is 17.9. The van der Waals surface area contributed by atoms with Crippen LogP contribution < -0.4 is 4.74 Å². The lowest BCUT2D eigenvalue weighted by molar-refractivity contribution is -0.737. The van der Waals surface area contributed by atoms with Crippen LogP contribution in [0.3, 0.4) is 0 Å². The summed E-state index contributed by atoms with van der Waals surface area (Å²) in [5.41, 5.74) is 1.66. The zero-order valence-electron chi connectivity index (χ0n) is 14.2. The van der Waals surface area contributed by atoms with Crippen molar-refractivity contribution in [3.05, 3.63) is 53.0 Å². The molecule has 1 aliphatic heterocycles. The van der Waals surface area contributed by atoms with Gasteiger partial charge >= 0.3 is 5.97 Å². The zero-order valence-corrected chi connectivity index (χ0v) is 14.2. The summed E-state index contributed by atoms with van der Waals surface area (Å²) in [5, 5.41) is 16.6. The van der Waals surface area contributed by atoms with E-state index >= 15 is 0 Å². The zero-order chi connectivity index (χ0) is 18.0. The number of benzene rings is 1. The van der Waals surface area contributed by atoms with Crippen LogP contribution in [0.2, 0.25) is 0 Å². The molecule has 3 rings (SSSR count). The Labute approximate surface area is 144 Å². The summed E-state index contributed by atoms with van der Waals surface area (Å²) in [6.07, 6.45) is 2.31. The Kier molecular flexibility index (Phi) is 4.60. The topological polar surface area (TPSA) is 88.7 Å². The second-order valence-corrected chi connectivity index (χ2v) is 5.57. The Morgan fingerprint density at radius 1 is 1.40 bits per heavy atom. The number of esters is 1. The number of nitrogens with zero attached hydrogens (tertiary/aromatic N) is 3. The highest BCUT2D eigenvalue weighted by Gasteiger charge is 2.47. The van der Waals surface area contributed by atoms with E-state index in [9.17, 15) is 10.0 Å². The van der Waals surface area contributed by atoms with Gasteiger partial charge in [0.2, 0.25) is 0 Å². The van der Waals surface area contributed by atoms with Crippen LogP contribution in [0.5, 0.6) is 5.75 Å². The molecule has 0 saturated heterocycles. The fourth-order valence-electron chi connectivity index (χ4n) is 2.86. The van der Waals surface area contributed by atoms with Crippen LogP contribution in [0.25, 0.3) is 0 Å². The molecule has 8 nitrogen and oxygen atoms in total. The summed E-state index contributed by atoms with van der Waals surface area (Å²) in [7, 11) is 3.33.